The Morgan fingerprint density at radius 2 is 2.11 bits per heavy atom. The summed E-state index contributed by atoms with van der Waals surface area (Å²) < 4.78 is 5.09. The molecule has 2 amide bonds. The van der Waals surface area contributed by atoms with Crippen LogP contribution >= 0.6 is 0 Å². The van der Waals surface area contributed by atoms with E-state index in [4.69, 9.17) is 4.74 Å². The number of hydrogen-bond acceptors (Lipinski definition) is 5. The molecule has 3 heterocycles. The van der Waals surface area contributed by atoms with Crippen LogP contribution in [-0.4, -0.2) is 51.5 Å². The van der Waals surface area contributed by atoms with Crippen molar-refractivity contribution in [3.05, 3.63) is 29.6 Å². The van der Waals surface area contributed by atoms with Crippen LogP contribution in [0.3, 0.4) is 0 Å². The summed E-state index contributed by atoms with van der Waals surface area (Å²) in [4.78, 5) is 40.6. The van der Waals surface area contributed by atoms with Gasteiger partial charge in [0.1, 0.15) is 0 Å². The first-order valence-corrected chi connectivity index (χ1v) is 5.72. The van der Waals surface area contributed by atoms with Crippen LogP contribution in [0, 0.1) is 0 Å². The van der Waals surface area contributed by atoms with Crippen molar-refractivity contribution in [1.29, 1.82) is 0 Å². The number of rotatable bonds is 2. The SMILES string of the molecule is O=C1c2ccncc2C(=O)N1C1(C(=O)O)CCOC1. The third-order valence-corrected chi connectivity index (χ3v) is 3.52. The molecular weight excluding hydrogens is 252 g/mol. The van der Waals surface area contributed by atoms with Crippen LogP contribution in [0.25, 0.3) is 0 Å². The van der Waals surface area contributed by atoms with Crippen molar-refractivity contribution >= 4 is 17.8 Å². The summed E-state index contributed by atoms with van der Waals surface area (Å²) in [7, 11) is 0. The maximum absolute atomic E-state index is 12.3. The molecule has 0 bridgehead atoms. The van der Waals surface area contributed by atoms with E-state index in [1.54, 1.807) is 0 Å². The zero-order chi connectivity index (χ0) is 13.6. The molecule has 1 saturated heterocycles. The van der Waals surface area contributed by atoms with E-state index < -0.39 is 23.3 Å². The van der Waals surface area contributed by atoms with Crippen LogP contribution in [0.1, 0.15) is 27.1 Å². The highest BCUT2D eigenvalue weighted by molar-refractivity contribution is 6.23. The average molecular weight is 262 g/mol. The van der Waals surface area contributed by atoms with Gasteiger partial charge in [0.25, 0.3) is 11.8 Å². The van der Waals surface area contributed by atoms with Crippen molar-refractivity contribution < 1.29 is 24.2 Å². The summed E-state index contributed by atoms with van der Waals surface area (Å²) in [5.41, 5.74) is -1.28. The van der Waals surface area contributed by atoms with Crippen LogP contribution in [-0.2, 0) is 9.53 Å². The number of aromatic nitrogens is 1. The minimum absolute atomic E-state index is 0.0984. The van der Waals surface area contributed by atoms with Gasteiger partial charge in [0.05, 0.1) is 17.7 Å². The van der Waals surface area contributed by atoms with Gasteiger partial charge in [-0.25, -0.2) is 4.79 Å². The van der Waals surface area contributed by atoms with Crippen molar-refractivity contribution in [2.75, 3.05) is 13.2 Å². The topological polar surface area (TPSA) is 96.8 Å². The summed E-state index contributed by atoms with van der Waals surface area (Å²) in [6.07, 6.45) is 2.77. The standard InChI is InChI=1S/C12H10N2O5/c15-9-7-1-3-13-5-8(7)10(16)14(9)12(11(17)18)2-4-19-6-12/h1,3,5H,2,4,6H2,(H,17,18). The smallest absolute Gasteiger partial charge is 0.332 e. The molecule has 1 unspecified atom stereocenters. The minimum Gasteiger partial charge on any atom is -0.479 e. The van der Waals surface area contributed by atoms with E-state index in [1.807, 2.05) is 0 Å². The van der Waals surface area contributed by atoms with Crippen LogP contribution in [0.2, 0.25) is 0 Å². The molecule has 7 nitrogen and oxygen atoms in total. The highest BCUT2D eigenvalue weighted by Crippen LogP contribution is 2.34. The Morgan fingerprint density at radius 1 is 1.37 bits per heavy atom. The van der Waals surface area contributed by atoms with Gasteiger partial charge in [-0.1, -0.05) is 0 Å². The van der Waals surface area contributed by atoms with E-state index in [-0.39, 0.29) is 30.8 Å². The first kappa shape index (κ1) is 11.8. The maximum Gasteiger partial charge on any atom is 0.332 e. The predicted octanol–water partition coefficient (Wildman–Crippen LogP) is -0.0787. The van der Waals surface area contributed by atoms with E-state index >= 15 is 0 Å². The number of carboxylic acid groups (broad SMARTS) is 1. The number of carboxylic acids is 1. The Bertz CT molecular complexity index is 557. The van der Waals surface area contributed by atoms with Crippen molar-refractivity contribution in [1.82, 2.24) is 9.88 Å². The van der Waals surface area contributed by atoms with E-state index in [0.717, 1.165) is 4.90 Å². The second kappa shape index (κ2) is 3.86. The number of amides is 2. The summed E-state index contributed by atoms with van der Waals surface area (Å²) in [5, 5.41) is 9.40. The van der Waals surface area contributed by atoms with Gasteiger partial charge in [0.2, 0.25) is 0 Å². The molecule has 0 aromatic carbocycles. The molecule has 19 heavy (non-hydrogen) atoms. The largest absolute Gasteiger partial charge is 0.479 e. The zero-order valence-electron chi connectivity index (χ0n) is 9.83. The fraction of sp³-hybridized carbons (Fsp3) is 0.333. The van der Waals surface area contributed by atoms with Gasteiger partial charge in [-0.15, -0.1) is 0 Å². The number of hydrogen-bond donors (Lipinski definition) is 1. The lowest BCUT2D eigenvalue weighted by molar-refractivity contribution is -0.148. The van der Waals surface area contributed by atoms with Crippen LogP contribution in [0.5, 0.6) is 0 Å². The number of pyridine rings is 1. The van der Waals surface area contributed by atoms with Gasteiger partial charge in [-0.2, -0.15) is 0 Å². The second-order valence-corrected chi connectivity index (χ2v) is 4.51. The lowest BCUT2D eigenvalue weighted by Crippen LogP contribution is -2.57. The molecule has 0 radical (unpaired) electrons. The number of ether oxygens (including phenoxy) is 1. The molecule has 3 rings (SSSR count). The second-order valence-electron chi connectivity index (χ2n) is 4.51. The number of aliphatic carboxylic acids is 1. The van der Waals surface area contributed by atoms with Crippen molar-refractivity contribution in [2.45, 2.75) is 12.0 Å². The van der Waals surface area contributed by atoms with Crippen molar-refractivity contribution in [2.24, 2.45) is 0 Å². The normalized spacial score (nSPS) is 25.8. The number of imide groups is 1. The monoisotopic (exact) mass is 262 g/mol. The average Bonchev–Trinajstić information content (AvgIpc) is 2.97. The molecule has 0 spiro atoms. The number of fused-ring (bicyclic) bond motifs is 1. The van der Waals surface area contributed by atoms with Gasteiger partial charge < -0.3 is 9.84 Å². The number of carbonyl (C=O) groups is 3. The fourth-order valence-electron chi connectivity index (χ4n) is 2.47. The lowest BCUT2D eigenvalue weighted by Gasteiger charge is -2.31. The Morgan fingerprint density at radius 3 is 2.68 bits per heavy atom. The van der Waals surface area contributed by atoms with Gasteiger partial charge in [0, 0.05) is 25.4 Å². The molecule has 0 saturated carbocycles. The first-order valence-electron chi connectivity index (χ1n) is 5.72. The van der Waals surface area contributed by atoms with Gasteiger partial charge in [-0.05, 0) is 6.07 Å². The van der Waals surface area contributed by atoms with E-state index in [1.165, 1.54) is 18.5 Å². The number of nitrogens with zero attached hydrogens (tertiary/aromatic N) is 2. The quantitative estimate of drug-likeness (QED) is 0.749. The zero-order valence-corrected chi connectivity index (χ0v) is 9.83. The van der Waals surface area contributed by atoms with Crippen molar-refractivity contribution in [3.8, 4) is 0 Å². The summed E-state index contributed by atoms with van der Waals surface area (Å²) in [6.45, 7) is 0.0270. The Balaban J connectivity index is 2.11. The predicted molar refractivity (Wildman–Crippen MR) is 60.5 cm³/mol. The molecule has 2 aliphatic rings. The third-order valence-electron chi connectivity index (χ3n) is 3.52. The molecule has 1 N–H and O–H groups in total. The van der Waals surface area contributed by atoms with Crippen LogP contribution < -0.4 is 0 Å². The molecular formula is C12H10N2O5. The number of carbonyl (C=O) groups excluding carboxylic acids is 2. The lowest BCUT2D eigenvalue weighted by atomic mass is 9.96. The van der Waals surface area contributed by atoms with Crippen LogP contribution in [0.15, 0.2) is 18.5 Å². The molecule has 98 valence electrons. The van der Waals surface area contributed by atoms with E-state index in [0.29, 0.717) is 0 Å². The Labute approximate surface area is 107 Å². The Kier molecular flexibility index (Phi) is 2.39. The molecule has 1 atom stereocenters. The summed E-state index contributed by atoms with van der Waals surface area (Å²) in [6, 6.07) is 1.42. The summed E-state index contributed by atoms with van der Waals surface area (Å²) in [5.74, 6) is -2.45. The van der Waals surface area contributed by atoms with Gasteiger partial charge in [-0.3, -0.25) is 19.5 Å². The molecule has 1 fully saturated rings. The van der Waals surface area contributed by atoms with E-state index in [2.05, 4.69) is 4.98 Å². The molecule has 7 heteroatoms. The molecule has 0 aliphatic carbocycles. The van der Waals surface area contributed by atoms with Crippen LogP contribution in [0.4, 0.5) is 0 Å². The highest BCUT2D eigenvalue weighted by atomic mass is 16.5. The first-order chi connectivity index (χ1) is 9.08. The maximum atomic E-state index is 12.3. The third kappa shape index (κ3) is 1.42. The Hall–Kier alpha value is -2.28. The van der Waals surface area contributed by atoms with E-state index in [9.17, 15) is 19.5 Å². The highest BCUT2D eigenvalue weighted by Gasteiger charge is 2.56. The summed E-state index contributed by atoms with van der Waals surface area (Å²) >= 11 is 0. The fourth-order valence-corrected chi connectivity index (χ4v) is 2.47. The van der Waals surface area contributed by atoms with Gasteiger partial charge >= 0.3 is 5.97 Å². The van der Waals surface area contributed by atoms with Crippen molar-refractivity contribution in [3.63, 3.8) is 0 Å². The minimum atomic E-state index is -1.60. The molecule has 2 aliphatic heterocycles. The molecule has 1 aromatic rings. The van der Waals surface area contributed by atoms with Gasteiger partial charge in [0.15, 0.2) is 5.54 Å². The molecule has 1 aromatic heterocycles.